The predicted molar refractivity (Wildman–Crippen MR) is 65.6 cm³/mol. The average molecular weight is 303 g/mol. The average Bonchev–Trinajstić information content (AvgIpc) is 2.27. The van der Waals surface area contributed by atoms with Crippen LogP contribution in [0.15, 0.2) is 0 Å². The molecule has 1 aliphatic heterocycles. The number of hydrogen-bond donors (Lipinski definition) is 1. The van der Waals surface area contributed by atoms with Crippen LogP contribution in [0.1, 0.15) is 19.8 Å². The minimum absolute atomic E-state index is 0.139. The summed E-state index contributed by atoms with van der Waals surface area (Å²) >= 11 is 0. The Kier molecular flexibility index (Phi) is 5.60. The molecule has 5 nitrogen and oxygen atoms in total. The van der Waals surface area contributed by atoms with Gasteiger partial charge in [-0.1, -0.05) is 6.92 Å². The third kappa shape index (κ3) is 4.90. The van der Waals surface area contributed by atoms with E-state index in [4.69, 9.17) is 5.73 Å². The highest BCUT2D eigenvalue weighted by Crippen LogP contribution is 2.23. The Morgan fingerprint density at radius 1 is 1.32 bits per heavy atom. The molecule has 0 aliphatic carbocycles. The molecule has 1 aliphatic rings. The second-order valence-electron chi connectivity index (χ2n) is 4.83. The van der Waals surface area contributed by atoms with Crippen molar-refractivity contribution in [2.45, 2.75) is 25.9 Å². The fraction of sp³-hybridized carbons (Fsp3) is 1.00. The lowest BCUT2D eigenvalue weighted by molar-refractivity contribution is -0.136. The van der Waals surface area contributed by atoms with Gasteiger partial charge in [-0.05, 0) is 18.8 Å². The second-order valence-corrected chi connectivity index (χ2v) is 6.76. The lowest BCUT2D eigenvalue weighted by atomic mass is 10.0. The molecular formula is C10H20F3N3O2S. The van der Waals surface area contributed by atoms with Crippen molar-refractivity contribution >= 4 is 10.2 Å². The Balaban J connectivity index is 2.81. The fourth-order valence-electron chi connectivity index (χ4n) is 2.00. The highest BCUT2D eigenvalue weighted by atomic mass is 32.2. The van der Waals surface area contributed by atoms with Crippen molar-refractivity contribution < 1.29 is 21.6 Å². The van der Waals surface area contributed by atoms with Crippen molar-refractivity contribution in [2.24, 2.45) is 11.7 Å². The van der Waals surface area contributed by atoms with Gasteiger partial charge in [0.25, 0.3) is 10.2 Å². The molecule has 0 spiro atoms. The van der Waals surface area contributed by atoms with E-state index in [0.717, 1.165) is 4.31 Å². The van der Waals surface area contributed by atoms with Gasteiger partial charge in [-0.3, -0.25) is 0 Å². The fourth-order valence-corrected chi connectivity index (χ4v) is 3.64. The Hall–Kier alpha value is -0.380. The topological polar surface area (TPSA) is 66.6 Å². The summed E-state index contributed by atoms with van der Waals surface area (Å²) in [7, 11) is -4.08. The van der Waals surface area contributed by atoms with Crippen LogP contribution < -0.4 is 5.73 Å². The molecule has 114 valence electrons. The van der Waals surface area contributed by atoms with Gasteiger partial charge < -0.3 is 5.73 Å². The monoisotopic (exact) mass is 303 g/mol. The number of rotatable bonds is 5. The SMILES string of the molecule is CC1CCN(S(=O)(=O)N(CCN)CC(F)(F)F)CC1. The lowest BCUT2D eigenvalue weighted by Crippen LogP contribution is -2.50. The summed E-state index contributed by atoms with van der Waals surface area (Å²) in [5, 5.41) is 0. The van der Waals surface area contributed by atoms with Crippen LogP contribution in [0, 0.1) is 5.92 Å². The van der Waals surface area contributed by atoms with Crippen molar-refractivity contribution in [3.05, 3.63) is 0 Å². The third-order valence-corrected chi connectivity index (χ3v) is 5.11. The van der Waals surface area contributed by atoms with Crippen molar-refractivity contribution in [3.63, 3.8) is 0 Å². The number of hydrogen-bond acceptors (Lipinski definition) is 3. The van der Waals surface area contributed by atoms with Crippen molar-refractivity contribution in [2.75, 3.05) is 32.7 Å². The van der Waals surface area contributed by atoms with E-state index in [0.29, 0.717) is 23.1 Å². The van der Waals surface area contributed by atoms with Crippen LogP contribution in [0.25, 0.3) is 0 Å². The lowest BCUT2D eigenvalue weighted by Gasteiger charge is -2.34. The van der Waals surface area contributed by atoms with Gasteiger partial charge in [0.15, 0.2) is 0 Å². The highest BCUT2D eigenvalue weighted by Gasteiger charge is 2.39. The van der Waals surface area contributed by atoms with Gasteiger partial charge in [-0.25, -0.2) is 0 Å². The Morgan fingerprint density at radius 2 is 1.84 bits per heavy atom. The maximum atomic E-state index is 12.4. The molecule has 0 saturated carbocycles. The van der Waals surface area contributed by atoms with Crippen LogP contribution >= 0.6 is 0 Å². The summed E-state index contributed by atoms with van der Waals surface area (Å²) < 4.78 is 63.1. The van der Waals surface area contributed by atoms with Gasteiger partial charge >= 0.3 is 6.18 Å². The first-order valence-corrected chi connectivity index (χ1v) is 7.58. The molecular weight excluding hydrogens is 283 g/mol. The first kappa shape index (κ1) is 16.7. The first-order valence-electron chi connectivity index (χ1n) is 6.19. The number of piperidine rings is 1. The van der Waals surface area contributed by atoms with Crippen LogP contribution in [0.4, 0.5) is 13.2 Å². The highest BCUT2D eigenvalue weighted by molar-refractivity contribution is 7.86. The van der Waals surface area contributed by atoms with E-state index in [1.807, 2.05) is 6.92 Å². The normalized spacial score (nSPS) is 20.1. The molecule has 0 aromatic heterocycles. The van der Waals surface area contributed by atoms with Crippen molar-refractivity contribution in [1.29, 1.82) is 0 Å². The number of nitrogens with two attached hydrogens (primary N) is 1. The minimum atomic E-state index is -4.56. The molecule has 0 unspecified atom stereocenters. The molecule has 0 aromatic rings. The molecule has 1 fully saturated rings. The van der Waals surface area contributed by atoms with Crippen LogP contribution in [-0.4, -0.2) is 55.9 Å². The van der Waals surface area contributed by atoms with E-state index in [9.17, 15) is 21.6 Å². The molecule has 0 radical (unpaired) electrons. The Labute approximate surface area is 111 Å². The van der Waals surface area contributed by atoms with E-state index in [2.05, 4.69) is 0 Å². The van der Waals surface area contributed by atoms with Gasteiger partial charge in [-0.2, -0.15) is 30.2 Å². The largest absolute Gasteiger partial charge is 0.402 e. The number of nitrogens with zero attached hydrogens (tertiary/aromatic N) is 2. The summed E-state index contributed by atoms with van der Waals surface area (Å²) in [5.41, 5.74) is 5.20. The van der Waals surface area contributed by atoms with Crippen molar-refractivity contribution in [3.8, 4) is 0 Å². The van der Waals surface area contributed by atoms with E-state index >= 15 is 0 Å². The first-order chi connectivity index (χ1) is 8.66. The Morgan fingerprint density at radius 3 is 2.26 bits per heavy atom. The van der Waals surface area contributed by atoms with Crippen LogP contribution in [0.2, 0.25) is 0 Å². The standard InChI is InChI=1S/C10H20F3N3O2S/c1-9-2-5-15(6-3-9)19(17,18)16(7-4-14)8-10(11,12)13/h9H,2-8,14H2,1H3. The van der Waals surface area contributed by atoms with E-state index in [-0.39, 0.29) is 26.2 Å². The Bertz CT molecular complexity index is 378. The molecule has 1 rings (SSSR count). The maximum Gasteiger partial charge on any atom is 0.402 e. The van der Waals surface area contributed by atoms with Crippen LogP contribution in [0.5, 0.6) is 0 Å². The smallest absolute Gasteiger partial charge is 0.329 e. The predicted octanol–water partition coefficient (Wildman–Crippen LogP) is 0.786. The van der Waals surface area contributed by atoms with E-state index in [1.54, 1.807) is 0 Å². The van der Waals surface area contributed by atoms with Crippen LogP contribution in [-0.2, 0) is 10.2 Å². The number of alkyl halides is 3. The van der Waals surface area contributed by atoms with E-state index in [1.165, 1.54) is 0 Å². The molecule has 0 atom stereocenters. The quantitative estimate of drug-likeness (QED) is 0.816. The summed E-state index contributed by atoms with van der Waals surface area (Å²) in [6.45, 7) is 0.578. The zero-order chi connectivity index (χ0) is 14.7. The second kappa shape index (κ2) is 6.38. The molecule has 0 amide bonds. The summed E-state index contributed by atoms with van der Waals surface area (Å²) in [6.07, 6.45) is -3.23. The van der Waals surface area contributed by atoms with E-state index < -0.39 is 22.9 Å². The maximum absolute atomic E-state index is 12.4. The molecule has 1 heterocycles. The van der Waals surface area contributed by atoms with Crippen molar-refractivity contribution in [1.82, 2.24) is 8.61 Å². The summed E-state index contributed by atoms with van der Waals surface area (Å²) in [6, 6.07) is 0. The third-order valence-electron chi connectivity index (χ3n) is 3.13. The zero-order valence-corrected chi connectivity index (χ0v) is 11.7. The zero-order valence-electron chi connectivity index (χ0n) is 10.9. The molecule has 2 N–H and O–H groups in total. The van der Waals surface area contributed by atoms with Gasteiger partial charge in [0.1, 0.15) is 6.54 Å². The van der Waals surface area contributed by atoms with Gasteiger partial charge in [0.2, 0.25) is 0 Å². The molecule has 1 saturated heterocycles. The molecule has 9 heteroatoms. The molecule has 19 heavy (non-hydrogen) atoms. The molecule has 0 bridgehead atoms. The van der Waals surface area contributed by atoms with Gasteiger partial charge in [0.05, 0.1) is 0 Å². The number of halogens is 3. The summed E-state index contributed by atoms with van der Waals surface area (Å²) in [5.74, 6) is 0.400. The van der Waals surface area contributed by atoms with Gasteiger partial charge in [0, 0.05) is 26.2 Å². The summed E-state index contributed by atoms with van der Waals surface area (Å²) in [4.78, 5) is 0. The minimum Gasteiger partial charge on any atom is -0.329 e. The van der Waals surface area contributed by atoms with Gasteiger partial charge in [-0.15, -0.1) is 0 Å². The molecule has 0 aromatic carbocycles. The van der Waals surface area contributed by atoms with Crippen LogP contribution in [0.3, 0.4) is 0 Å².